The van der Waals surface area contributed by atoms with Crippen molar-refractivity contribution in [1.82, 2.24) is 35.1 Å². The number of rotatable bonds is 10. The van der Waals surface area contributed by atoms with Crippen molar-refractivity contribution in [1.29, 1.82) is 0 Å². The zero-order valence-corrected chi connectivity index (χ0v) is 21.4. The molecule has 1 saturated carbocycles. The third kappa shape index (κ3) is 4.68. The normalized spacial score (nSPS) is 20.6. The summed E-state index contributed by atoms with van der Waals surface area (Å²) < 4.78 is 4.12. The molecule has 1 aromatic carbocycles. The number of unbranched alkanes of at least 4 members (excludes halogenated alkanes) is 1. The number of hydrogen-bond donors (Lipinski definition) is 2. The third-order valence-electron chi connectivity index (χ3n) is 7.90. The first-order chi connectivity index (χ1) is 17.6. The number of aryl methyl sites for hydroxylation is 1. The Morgan fingerprint density at radius 3 is 2.75 bits per heavy atom. The van der Waals surface area contributed by atoms with Crippen LogP contribution in [0.15, 0.2) is 59.8 Å². The molecule has 0 radical (unpaired) electrons. The van der Waals surface area contributed by atoms with Crippen LogP contribution in [0.5, 0.6) is 0 Å². The zero-order chi connectivity index (χ0) is 25.0. The summed E-state index contributed by atoms with van der Waals surface area (Å²) in [6.45, 7) is 5.01. The Bertz CT molecular complexity index is 1260. The summed E-state index contributed by atoms with van der Waals surface area (Å²) >= 11 is 0. The smallest absolute Gasteiger partial charge is 0.328 e. The number of nitrogens with zero attached hydrogens (tertiary/aromatic N) is 5. The maximum atomic E-state index is 14.0. The Kier molecular flexibility index (Phi) is 7.20. The molecule has 3 aromatic rings. The number of aromatic nitrogens is 6. The molecule has 1 aliphatic carbocycles. The van der Waals surface area contributed by atoms with Crippen LogP contribution < -0.4 is 11.0 Å². The fourth-order valence-electron chi connectivity index (χ4n) is 6.00. The number of dihydropyridines is 1. The van der Waals surface area contributed by atoms with E-state index in [1.54, 1.807) is 0 Å². The minimum Gasteiger partial charge on any atom is -0.368 e. The van der Waals surface area contributed by atoms with E-state index in [9.17, 15) is 4.79 Å². The van der Waals surface area contributed by atoms with E-state index in [-0.39, 0.29) is 5.69 Å². The van der Waals surface area contributed by atoms with Crippen LogP contribution >= 0.6 is 0 Å². The van der Waals surface area contributed by atoms with Gasteiger partial charge in [0.1, 0.15) is 0 Å². The molecule has 5 rings (SSSR count). The van der Waals surface area contributed by atoms with Crippen LogP contribution in [0.25, 0.3) is 11.4 Å². The topological polar surface area (TPSA) is 93.4 Å². The number of aromatic amines is 1. The highest BCUT2D eigenvalue weighted by Gasteiger charge is 2.34. The van der Waals surface area contributed by atoms with E-state index in [2.05, 4.69) is 74.8 Å². The van der Waals surface area contributed by atoms with Gasteiger partial charge in [-0.3, -0.25) is 9.13 Å². The van der Waals surface area contributed by atoms with Gasteiger partial charge >= 0.3 is 5.69 Å². The largest absolute Gasteiger partial charge is 0.368 e. The highest BCUT2D eigenvalue weighted by molar-refractivity contribution is 5.57. The van der Waals surface area contributed by atoms with Gasteiger partial charge in [-0.15, -0.1) is 5.10 Å². The molecule has 36 heavy (non-hydrogen) atoms. The molecule has 8 heteroatoms. The Morgan fingerprint density at radius 2 is 2.00 bits per heavy atom. The van der Waals surface area contributed by atoms with Gasteiger partial charge in [-0.25, -0.2) is 9.89 Å². The van der Waals surface area contributed by atoms with Gasteiger partial charge in [0.05, 0.1) is 5.41 Å². The number of tetrazole rings is 1. The number of hydrogen-bond acceptors (Lipinski definition) is 5. The van der Waals surface area contributed by atoms with Crippen LogP contribution in [-0.4, -0.2) is 29.8 Å². The van der Waals surface area contributed by atoms with Crippen molar-refractivity contribution in [3.63, 3.8) is 0 Å². The Labute approximate surface area is 212 Å². The predicted molar refractivity (Wildman–Crippen MR) is 141 cm³/mol. The standard InChI is InChI=1S/C28H37N7O/c1-3-5-12-24-19-34(25-13-7-9-21(25)8-4-2)27(36)35(24)20-28(14-16-29-17-15-28)23-11-6-10-22(18-23)26-30-32-33-31-26/h6,10-11,14-19,21,25,29H,3-5,7-9,12-13,20H2,1-2H3,(H,30,31,32,33). The Hall–Kier alpha value is -3.42. The number of benzene rings is 1. The number of allylic oxidation sites excluding steroid dienone is 2. The van der Waals surface area contributed by atoms with Crippen molar-refractivity contribution >= 4 is 0 Å². The molecular formula is C28H37N7O. The first-order valence-electron chi connectivity index (χ1n) is 13.4. The van der Waals surface area contributed by atoms with Gasteiger partial charge < -0.3 is 5.32 Å². The molecule has 0 spiro atoms. The van der Waals surface area contributed by atoms with Crippen molar-refractivity contribution in [2.24, 2.45) is 5.92 Å². The molecule has 2 atom stereocenters. The average Bonchev–Trinajstić information content (AvgIpc) is 3.66. The second kappa shape index (κ2) is 10.7. The molecule has 0 bridgehead atoms. The summed E-state index contributed by atoms with van der Waals surface area (Å²) in [5.74, 6) is 1.23. The molecule has 2 N–H and O–H groups in total. The van der Waals surface area contributed by atoms with Crippen LogP contribution in [0, 0.1) is 5.92 Å². The molecule has 0 saturated heterocycles. The van der Waals surface area contributed by atoms with Gasteiger partial charge in [-0.2, -0.15) is 0 Å². The van der Waals surface area contributed by atoms with Crippen LogP contribution in [0.2, 0.25) is 0 Å². The van der Waals surface area contributed by atoms with Crippen LogP contribution in [0.3, 0.4) is 0 Å². The summed E-state index contributed by atoms with van der Waals surface area (Å²) in [5.41, 5.74) is 2.81. The molecule has 1 fully saturated rings. The van der Waals surface area contributed by atoms with Crippen molar-refractivity contribution in [2.45, 2.75) is 83.2 Å². The monoisotopic (exact) mass is 487 g/mol. The number of H-pyrrole nitrogens is 1. The fraction of sp³-hybridized carbons (Fsp3) is 0.500. The molecule has 8 nitrogen and oxygen atoms in total. The van der Waals surface area contributed by atoms with Crippen molar-refractivity contribution in [2.75, 3.05) is 0 Å². The molecule has 3 heterocycles. The van der Waals surface area contributed by atoms with E-state index >= 15 is 0 Å². The van der Waals surface area contributed by atoms with Crippen LogP contribution in [0.1, 0.15) is 76.1 Å². The fourth-order valence-corrected chi connectivity index (χ4v) is 6.00. The summed E-state index contributed by atoms with van der Waals surface area (Å²) in [4.78, 5) is 14.0. The van der Waals surface area contributed by atoms with Gasteiger partial charge in [0, 0.05) is 30.0 Å². The van der Waals surface area contributed by atoms with E-state index in [1.807, 2.05) is 29.1 Å². The van der Waals surface area contributed by atoms with Crippen molar-refractivity contribution < 1.29 is 0 Å². The minimum absolute atomic E-state index is 0.129. The molecule has 2 unspecified atom stereocenters. The lowest BCUT2D eigenvalue weighted by atomic mass is 9.78. The first kappa shape index (κ1) is 24.3. The van der Waals surface area contributed by atoms with Gasteiger partial charge in [0.15, 0.2) is 5.82 Å². The highest BCUT2D eigenvalue weighted by Crippen LogP contribution is 2.39. The van der Waals surface area contributed by atoms with Gasteiger partial charge in [0.25, 0.3) is 0 Å². The van der Waals surface area contributed by atoms with Gasteiger partial charge in [-0.05, 0) is 72.5 Å². The number of nitrogens with one attached hydrogen (secondary N) is 2. The van der Waals surface area contributed by atoms with E-state index in [0.29, 0.717) is 24.3 Å². The molecule has 0 amide bonds. The molecule has 2 aliphatic rings. The summed E-state index contributed by atoms with van der Waals surface area (Å²) in [6, 6.07) is 8.58. The molecule has 2 aromatic heterocycles. The second-order valence-electron chi connectivity index (χ2n) is 10.3. The van der Waals surface area contributed by atoms with Crippen molar-refractivity contribution in [3.05, 3.63) is 76.8 Å². The van der Waals surface area contributed by atoms with E-state index in [4.69, 9.17) is 0 Å². The van der Waals surface area contributed by atoms with Gasteiger partial charge in [0.2, 0.25) is 0 Å². The summed E-state index contributed by atoms with van der Waals surface area (Å²) in [5, 5.41) is 17.6. The first-order valence-corrected chi connectivity index (χ1v) is 13.4. The Balaban J connectivity index is 1.56. The van der Waals surface area contributed by atoms with E-state index in [1.165, 1.54) is 25.7 Å². The van der Waals surface area contributed by atoms with Gasteiger partial charge in [-0.1, -0.05) is 63.5 Å². The maximum Gasteiger partial charge on any atom is 0.328 e. The molecule has 1 aliphatic heterocycles. The van der Waals surface area contributed by atoms with Crippen molar-refractivity contribution in [3.8, 4) is 11.4 Å². The Morgan fingerprint density at radius 1 is 1.14 bits per heavy atom. The summed E-state index contributed by atoms with van der Waals surface area (Å²) in [7, 11) is 0. The minimum atomic E-state index is -0.468. The maximum absolute atomic E-state index is 14.0. The molecular weight excluding hydrogens is 450 g/mol. The SMILES string of the molecule is CCCCc1cn(C2CCCC2CCC)c(=O)n1CC1(c2cccc(-c3nnn[nH]3)c2)C=CNC=C1. The zero-order valence-electron chi connectivity index (χ0n) is 21.4. The highest BCUT2D eigenvalue weighted by atomic mass is 16.1. The molecule has 190 valence electrons. The van der Waals surface area contributed by atoms with Crippen LogP contribution in [0.4, 0.5) is 0 Å². The van der Waals surface area contributed by atoms with Crippen LogP contribution in [-0.2, 0) is 18.4 Å². The average molecular weight is 488 g/mol. The summed E-state index contributed by atoms with van der Waals surface area (Å²) in [6.07, 6.45) is 19.4. The van der Waals surface area contributed by atoms with E-state index in [0.717, 1.165) is 42.5 Å². The van der Waals surface area contributed by atoms with E-state index < -0.39 is 5.41 Å². The lowest BCUT2D eigenvalue weighted by Crippen LogP contribution is -2.37. The number of imidazole rings is 1. The second-order valence-corrected chi connectivity index (χ2v) is 10.3. The quantitative estimate of drug-likeness (QED) is 0.425. The lowest BCUT2D eigenvalue weighted by Gasteiger charge is -2.31. The third-order valence-corrected chi connectivity index (χ3v) is 7.90. The predicted octanol–water partition coefficient (Wildman–Crippen LogP) is 4.88. The lowest BCUT2D eigenvalue weighted by molar-refractivity contribution is 0.344.